The molecule has 0 amide bonds. The number of nitrogens with two attached hydrogens (primary N) is 1. The molecule has 0 bridgehead atoms. The Morgan fingerprint density at radius 2 is 2.15 bits per heavy atom. The van der Waals surface area contributed by atoms with Crippen LogP contribution < -0.4 is 10.5 Å². The topological polar surface area (TPSA) is 90.0 Å². The highest BCUT2D eigenvalue weighted by Gasteiger charge is 2.16. The van der Waals surface area contributed by atoms with Crippen molar-refractivity contribution in [2.75, 3.05) is 12.3 Å². The fourth-order valence-electron chi connectivity index (χ4n) is 1.88. The molecule has 0 saturated carbocycles. The van der Waals surface area contributed by atoms with Crippen molar-refractivity contribution in [2.45, 2.75) is 24.8 Å². The predicted octanol–water partition coefficient (Wildman–Crippen LogP) is 1.14. The molecule has 20 heavy (non-hydrogen) atoms. The molecule has 0 fully saturated rings. The molecule has 6 nitrogen and oxygen atoms in total. The van der Waals surface area contributed by atoms with Gasteiger partial charge < -0.3 is 5.73 Å². The molecule has 0 saturated heterocycles. The molecule has 7 heteroatoms. The summed E-state index contributed by atoms with van der Waals surface area (Å²) in [5, 5.41) is 4.06. The number of anilines is 1. The minimum atomic E-state index is -3.51. The number of nitrogens with one attached hydrogen (secondary N) is 1. The Bertz CT molecular complexity index is 666. The Hall–Kier alpha value is -1.86. The fourth-order valence-corrected chi connectivity index (χ4v) is 3.23. The van der Waals surface area contributed by atoms with Gasteiger partial charge in [-0.05, 0) is 37.1 Å². The maximum absolute atomic E-state index is 12.2. The lowest BCUT2D eigenvalue weighted by Crippen LogP contribution is -2.26. The second-order valence-corrected chi connectivity index (χ2v) is 6.23. The van der Waals surface area contributed by atoms with Gasteiger partial charge in [-0.2, -0.15) is 5.10 Å². The van der Waals surface area contributed by atoms with E-state index < -0.39 is 10.0 Å². The van der Waals surface area contributed by atoms with Gasteiger partial charge >= 0.3 is 0 Å². The van der Waals surface area contributed by atoms with E-state index in [9.17, 15) is 8.42 Å². The number of hydrogen-bond acceptors (Lipinski definition) is 4. The zero-order valence-electron chi connectivity index (χ0n) is 11.3. The Kier molecular flexibility index (Phi) is 4.41. The first-order valence-electron chi connectivity index (χ1n) is 6.33. The van der Waals surface area contributed by atoms with Crippen LogP contribution in [0.2, 0.25) is 0 Å². The Morgan fingerprint density at radius 3 is 2.85 bits per heavy atom. The second-order valence-electron chi connectivity index (χ2n) is 4.49. The van der Waals surface area contributed by atoms with Crippen molar-refractivity contribution in [3.63, 3.8) is 0 Å². The largest absolute Gasteiger partial charge is 0.398 e. The van der Waals surface area contributed by atoms with Crippen LogP contribution in [-0.4, -0.2) is 24.7 Å². The van der Waals surface area contributed by atoms with Gasteiger partial charge in [-0.1, -0.05) is 6.07 Å². The summed E-state index contributed by atoms with van der Waals surface area (Å²) in [4.78, 5) is 0.233. The van der Waals surface area contributed by atoms with Gasteiger partial charge in [0.05, 0.1) is 4.90 Å². The first-order valence-corrected chi connectivity index (χ1v) is 7.81. The average molecular weight is 294 g/mol. The van der Waals surface area contributed by atoms with E-state index in [0.29, 0.717) is 30.8 Å². The van der Waals surface area contributed by atoms with Gasteiger partial charge in [-0.3, -0.25) is 4.68 Å². The van der Waals surface area contributed by atoms with Crippen molar-refractivity contribution >= 4 is 15.7 Å². The molecule has 0 atom stereocenters. The Labute approximate surface area is 118 Å². The molecule has 0 spiro atoms. The van der Waals surface area contributed by atoms with Crippen molar-refractivity contribution in [3.05, 3.63) is 42.2 Å². The van der Waals surface area contributed by atoms with Crippen LogP contribution in [0.15, 0.2) is 41.6 Å². The fraction of sp³-hybridized carbons (Fsp3) is 0.308. The van der Waals surface area contributed by atoms with E-state index in [0.717, 1.165) is 0 Å². The normalized spacial score (nSPS) is 11.7. The van der Waals surface area contributed by atoms with Crippen molar-refractivity contribution < 1.29 is 8.42 Å². The standard InChI is InChI=1S/C13H18N4O2S/c1-11-12(14)5-2-6-13(11)20(18,19)16-8-4-10-17-9-3-7-15-17/h2-3,5-7,9,16H,4,8,10,14H2,1H3. The minimum absolute atomic E-state index is 0.233. The molecule has 0 unspecified atom stereocenters. The number of sulfonamides is 1. The number of rotatable bonds is 6. The SMILES string of the molecule is Cc1c(N)cccc1S(=O)(=O)NCCCn1cccn1. The molecule has 2 aromatic rings. The molecule has 3 N–H and O–H groups in total. The zero-order valence-corrected chi connectivity index (χ0v) is 12.1. The molecule has 2 rings (SSSR count). The molecule has 0 aliphatic heterocycles. The summed E-state index contributed by atoms with van der Waals surface area (Å²) in [6.45, 7) is 2.73. The van der Waals surface area contributed by atoms with Crippen LogP contribution in [0.5, 0.6) is 0 Å². The van der Waals surface area contributed by atoms with Crippen LogP contribution in [0, 0.1) is 6.92 Å². The maximum atomic E-state index is 12.2. The summed E-state index contributed by atoms with van der Waals surface area (Å²) in [6.07, 6.45) is 4.21. The van der Waals surface area contributed by atoms with E-state index >= 15 is 0 Å². The minimum Gasteiger partial charge on any atom is -0.398 e. The molecule has 1 heterocycles. The van der Waals surface area contributed by atoms with Crippen molar-refractivity contribution in [3.8, 4) is 0 Å². The van der Waals surface area contributed by atoms with E-state index in [1.165, 1.54) is 0 Å². The third-order valence-electron chi connectivity index (χ3n) is 3.03. The third-order valence-corrected chi connectivity index (χ3v) is 4.64. The lowest BCUT2D eigenvalue weighted by atomic mass is 10.2. The van der Waals surface area contributed by atoms with Crippen molar-refractivity contribution in [1.29, 1.82) is 0 Å². The summed E-state index contributed by atoms with van der Waals surface area (Å²) in [6, 6.07) is 6.72. The first-order chi connectivity index (χ1) is 9.50. The molecular formula is C13H18N4O2S. The highest BCUT2D eigenvalue weighted by molar-refractivity contribution is 7.89. The van der Waals surface area contributed by atoms with Crippen LogP contribution >= 0.6 is 0 Å². The highest BCUT2D eigenvalue weighted by atomic mass is 32.2. The van der Waals surface area contributed by atoms with Gasteiger partial charge in [0.15, 0.2) is 0 Å². The van der Waals surface area contributed by atoms with Gasteiger partial charge in [-0.15, -0.1) is 0 Å². The number of hydrogen-bond donors (Lipinski definition) is 2. The highest BCUT2D eigenvalue weighted by Crippen LogP contribution is 2.19. The van der Waals surface area contributed by atoms with E-state index in [1.807, 2.05) is 12.3 Å². The Balaban J connectivity index is 1.95. The van der Waals surface area contributed by atoms with E-state index in [2.05, 4.69) is 9.82 Å². The monoisotopic (exact) mass is 294 g/mol. The van der Waals surface area contributed by atoms with Crippen LogP contribution in [-0.2, 0) is 16.6 Å². The summed E-state index contributed by atoms with van der Waals surface area (Å²) in [5.74, 6) is 0. The van der Waals surface area contributed by atoms with E-state index in [4.69, 9.17) is 5.73 Å². The molecule has 1 aromatic carbocycles. The first kappa shape index (κ1) is 14.5. The van der Waals surface area contributed by atoms with Crippen molar-refractivity contribution in [1.82, 2.24) is 14.5 Å². The molecular weight excluding hydrogens is 276 g/mol. The van der Waals surface area contributed by atoms with Crippen LogP contribution in [0.3, 0.4) is 0 Å². The molecule has 0 radical (unpaired) electrons. The number of nitrogen functional groups attached to an aromatic ring is 1. The lowest BCUT2D eigenvalue weighted by molar-refractivity contribution is 0.552. The third kappa shape index (κ3) is 3.37. The summed E-state index contributed by atoms with van der Waals surface area (Å²) >= 11 is 0. The summed E-state index contributed by atoms with van der Waals surface area (Å²) in [5.41, 5.74) is 6.78. The number of aryl methyl sites for hydroxylation is 1. The maximum Gasteiger partial charge on any atom is 0.240 e. The van der Waals surface area contributed by atoms with Crippen LogP contribution in [0.4, 0.5) is 5.69 Å². The van der Waals surface area contributed by atoms with Gasteiger partial charge in [0, 0.05) is 31.2 Å². The average Bonchev–Trinajstić information content (AvgIpc) is 2.91. The molecule has 1 aromatic heterocycles. The number of benzene rings is 1. The smallest absolute Gasteiger partial charge is 0.240 e. The van der Waals surface area contributed by atoms with Gasteiger partial charge in [-0.25, -0.2) is 13.1 Å². The van der Waals surface area contributed by atoms with Gasteiger partial charge in [0.25, 0.3) is 0 Å². The second kappa shape index (κ2) is 6.06. The molecule has 108 valence electrons. The van der Waals surface area contributed by atoms with Crippen molar-refractivity contribution in [2.24, 2.45) is 0 Å². The summed E-state index contributed by atoms with van der Waals surface area (Å²) < 4.78 is 28.7. The quantitative estimate of drug-likeness (QED) is 0.617. The Morgan fingerprint density at radius 1 is 1.35 bits per heavy atom. The van der Waals surface area contributed by atoms with Crippen LogP contribution in [0.25, 0.3) is 0 Å². The van der Waals surface area contributed by atoms with Gasteiger partial charge in [0.2, 0.25) is 10.0 Å². The predicted molar refractivity (Wildman–Crippen MR) is 77.6 cm³/mol. The number of nitrogens with zero attached hydrogens (tertiary/aromatic N) is 2. The van der Waals surface area contributed by atoms with Crippen LogP contribution in [0.1, 0.15) is 12.0 Å². The van der Waals surface area contributed by atoms with E-state index in [-0.39, 0.29) is 4.90 Å². The molecule has 0 aliphatic carbocycles. The molecule has 0 aliphatic rings. The lowest BCUT2D eigenvalue weighted by Gasteiger charge is -2.10. The van der Waals surface area contributed by atoms with E-state index in [1.54, 1.807) is 36.0 Å². The zero-order chi connectivity index (χ0) is 14.6. The van der Waals surface area contributed by atoms with Gasteiger partial charge in [0.1, 0.15) is 0 Å². The summed E-state index contributed by atoms with van der Waals surface area (Å²) in [7, 11) is -3.51. The number of aromatic nitrogens is 2.